The van der Waals surface area contributed by atoms with Crippen molar-refractivity contribution < 1.29 is 23.7 Å². The Hall–Kier alpha value is -3.94. The van der Waals surface area contributed by atoms with E-state index in [1.54, 1.807) is 12.1 Å². The molecule has 0 saturated carbocycles. The number of anilines is 1. The van der Waals surface area contributed by atoms with Crippen molar-refractivity contribution in [2.24, 2.45) is 0 Å². The van der Waals surface area contributed by atoms with Gasteiger partial charge in [0.15, 0.2) is 12.0 Å². The van der Waals surface area contributed by atoms with Crippen LogP contribution in [0.25, 0.3) is 11.3 Å². The van der Waals surface area contributed by atoms with Gasteiger partial charge in [0.05, 0.1) is 17.6 Å². The van der Waals surface area contributed by atoms with Gasteiger partial charge in [-0.2, -0.15) is 0 Å². The second-order valence-electron chi connectivity index (χ2n) is 5.85. The molecular formula is C20H16N2O6. The van der Waals surface area contributed by atoms with Crippen molar-refractivity contribution >= 4 is 23.6 Å². The summed E-state index contributed by atoms with van der Waals surface area (Å²) >= 11 is 0. The number of nitro benzene ring substituents is 1. The molecule has 0 bridgehead atoms. The van der Waals surface area contributed by atoms with E-state index in [1.807, 2.05) is 24.3 Å². The molecule has 1 aromatic heterocycles. The van der Waals surface area contributed by atoms with Gasteiger partial charge < -0.3 is 14.5 Å². The zero-order valence-electron chi connectivity index (χ0n) is 14.9. The van der Waals surface area contributed by atoms with E-state index >= 15 is 0 Å². The lowest BCUT2D eigenvalue weighted by atomic mass is 10.1. The normalized spacial score (nSPS) is 10.3. The summed E-state index contributed by atoms with van der Waals surface area (Å²) in [5.41, 5.74) is 2.07. The number of benzene rings is 2. The SMILES string of the molecule is COC(=O)c1cc([N+](=O)[O-])ccc1NCc1ccc(-c2ccc(C=O)o2)cc1. The summed E-state index contributed by atoms with van der Waals surface area (Å²) in [6.07, 6.45) is 0.644. The Morgan fingerprint density at radius 2 is 1.93 bits per heavy atom. The number of methoxy groups -OCH3 is 1. The third-order valence-electron chi connectivity index (χ3n) is 4.08. The number of rotatable bonds is 7. The predicted molar refractivity (Wildman–Crippen MR) is 101 cm³/mol. The maximum atomic E-state index is 11.9. The van der Waals surface area contributed by atoms with Crippen LogP contribution < -0.4 is 5.32 Å². The maximum absolute atomic E-state index is 11.9. The van der Waals surface area contributed by atoms with Crippen LogP contribution in [-0.2, 0) is 11.3 Å². The Morgan fingerprint density at radius 1 is 1.18 bits per heavy atom. The second-order valence-corrected chi connectivity index (χ2v) is 5.85. The van der Waals surface area contributed by atoms with Gasteiger partial charge in [-0.25, -0.2) is 4.79 Å². The van der Waals surface area contributed by atoms with Gasteiger partial charge in [0, 0.05) is 29.9 Å². The molecule has 0 fully saturated rings. The molecule has 0 radical (unpaired) electrons. The van der Waals surface area contributed by atoms with Gasteiger partial charge in [0.2, 0.25) is 0 Å². The lowest BCUT2D eigenvalue weighted by molar-refractivity contribution is -0.384. The molecule has 142 valence electrons. The summed E-state index contributed by atoms with van der Waals surface area (Å²) < 4.78 is 10.1. The summed E-state index contributed by atoms with van der Waals surface area (Å²) in [5, 5.41) is 14.0. The monoisotopic (exact) mass is 380 g/mol. The first-order valence-electron chi connectivity index (χ1n) is 8.27. The highest BCUT2D eigenvalue weighted by Crippen LogP contribution is 2.25. The summed E-state index contributed by atoms with van der Waals surface area (Å²) in [7, 11) is 1.22. The van der Waals surface area contributed by atoms with Crippen LogP contribution in [0.15, 0.2) is 59.0 Å². The molecule has 2 aromatic carbocycles. The van der Waals surface area contributed by atoms with E-state index in [1.165, 1.54) is 25.3 Å². The van der Waals surface area contributed by atoms with E-state index in [4.69, 9.17) is 9.15 Å². The van der Waals surface area contributed by atoms with Gasteiger partial charge in [0.1, 0.15) is 5.76 Å². The van der Waals surface area contributed by atoms with Crippen LogP contribution in [0.1, 0.15) is 26.5 Å². The van der Waals surface area contributed by atoms with Crippen LogP contribution >= 0.6 is 0 Å². The first-order valence-corrected chi connectivity index (χ1v) is 8.27. The number of nitrogens with zero attached hydrogens (tertiary/aromatic N) is 1. The fraction of sp³-hybridized carbons (Fsp3) is 0.100. The number of non-ortho nitro benzene ring substituents is 1. The molecule has 0 atom stereocenters. The van der Waals surface area contributed by atoms with Crippen molar-refractivity contribution in [1.82, 2.24) is 0 Å². The number of ether oxygens (including phenoxy) is 1. The van der Waals surface area contributed by atoms with Crippen LogP contribution in [0.4, 0.5) is 11.4 Å². The van der Waals surface area contributed by atoms with Crippen molar-refractivity contribution in [1.29, 1.82) is 0 Å². The number of hydrogen-bond acceptors (Lipinski definition) is 7. The van der Waals surface area contributed by atoms with Crippen molar-refractivity contribution in [3.8, 4) is 11.3 Å². The average Bonchev–Trinajstić information content (AvgIpc) is 3.21. The van der Waals surface area contributed by atoms with Crippen molar-refractivity contribution in [3.63, 3.8) is 0 Å². The largest absolute Gasteiger partial charge is 0.465 e. The third kappa shape index (κ3) is 4.07. The Kier molecular flexibility index (Phi) is 5.50. The molecule has 0 saturated heterocycles. The zero-order valence-corrected chi connectivity index (χ0v) is 14.9. The molecule has 28 heavy (non-hydrogen) atoms. The number of esters is 1. The lowest BCUT2D eigenvalue weighted by Gasteiger charge is -2.11. The van der Waals surface area contributed by atoms with Gasteiger partial charge in [0.25, 0.3) is 5.69 Å². The summed E-state index contributed by atoms with van der Waals surface area (Å²) in [6, 6.07) is 14.7. The Balaban J connectivity index is 1.75. The zero-order chi connectivity index (χ0) is 20.1. The smallest absolute Gasteiger partial charge is 0.340 e. The van der Waals surface area contributed by atoms with Gasteiger partial charge >= 0.3 is 5.97 Å². The van der Waals surface area contributed by atoms with Crippen molar-refractivity contribution in [2.75, 3.05) is 12.4 Å². The third-order valence-corrected chi connectivity index (χ3v) is 4.08. The fourth-order valence-electron chi connectivity index (χ4n) is 2.63. The standard InChI is InChI=1S/C20H16N2O6/c1-27-20(24)17-10-15(22(25)26)6-8-18(17)21-11-13-2-4-14(5-3-13)19-9-7-16(12-23)28-19/h2-10,12,21H,11H2,1H3. The molecule has 1 N–H and O–H groups in total. The molecule has 0 unspecified atom stereocenters. The first-order chi connectivity index (χ1) is 13.5. The molecule has 0 aliphatic rings. The van der Waals surface area contributed by atoms with Crippen molar-refractivity contribution in [2.45, 2.75) is 6.54 Å². The minimum Gasteiger partial charge on any atom is -0.465 e. The van der Waals surface area contributed by atoms with E-state index in [-0.39, 0.29) is 17.0 Å². The number of nitro groups is 1. The summed E-state index contributed by atoms with van der Waals surface area (Å²) in [5.74, 6) is 0.185. The molecule has 3 rings (SSSR count). The van der Waals surface area contributed by atoms with Crippen LogP contribution in [0.2, 0.25) is 0 Å². The minimum absolute atomic E-state index is 0.0882. The number of carbonyl (C=O) groups is 2. The molecular weight excluding hydrogens is 364 g/mol. The molecule has 8 heteroatoms. The van der Waals surface area contributed by atoms with E-state index in [0.29, 0.717) is 24.3 Å². The van der Waals surface area contributed by atoms with Crippen LogP contribution in [-0.4, -0.2) is 24.3 Å². The number of aldehydes is 1. The highest BCUT2D eigenvalue weighted by Gasteiger charge is 2.17. The Labute approximate surface area is 159 Å². The van der Waals surface area contributed by atoms with Crippen molar-refractivity contribution in [3.05, 3.63) is 81.6 Å². The van der Waals surface area contributed by atoms with E-state index in [0.717, 1.165) is 11.1 Å². The molecule has 0 aliphatic heterocycles. The molecule has 3 aromatic rings. The minimum atomic E-state index is -0.662. The lowest BCUT2D eigenvalue weighted by Crippen LogP contribution is -2.09. The topological polar surface area (TPSA) is 112 Å². The summed E-state index contributed by atoms with van der Waals surface area (Å²) in [4.78, 5) is 33.0. The number of hydrogen-bond donors (Lipinski definition) is 1. The van der Waals surface area contributed by atoms with Gasteiger partial charge in [-0.15, -0.1) is 0 Å². The maximum Gasteiger partial charge on any atom is 0.340 e. The van der Waals surface area contributed by atoms with E-state index in [2.05, 4.69) is 5.32 Å². The van der Waals surface area contributed by atoms with Gasteiger partial charge in [-0.3, -0.25) is 14.9 Å². The van der Waals surface area contributed by atoms with Crippen LogP contribution in [0, 0.1) is 10.1 Å². The molecule has 0 spiro atoms. The van der Waals surface area contributed by atoms with E-state index < -0.39 is 10.9 Å². The Bertz CT molecular complexity index is 1020. The quantitative estimate of drug-likeness (QED) is 0.285. The molecule has 0 aliphatic carbocycles. The average molecular weight is 380 g/mol. The first kappa shape index (κ1) is 18.8. The van der Waals surface area contributed by atoms with Crippen LogP contribution in [0.5, 0.6) is 0 Å². The fourth-order valence-corrected chi connectivity index (χ4v) is 2.63. The Morgan fingerprint density at radius 3 is 2.54 bits per heavy atom. The molecule has 1 heterocycles. The van der Waals surface area contributed by atoms with Gasteiger partial charge in [-0.1, -0.05) is 24.3 Å². The summed E-state index contributed by atoms with van der Waals surface area (Å²) in [6.45, 7) is 0.389. The number of carbonyl (C=O) groups excluding carboxylic acids is 2. The van der Waals surface area contributed by atoms with E-state index in [9.17, 15) is 19.7 Å². The second kappa shape index (κ2) is 8.17. The molecule has 8 nitrogen and oxygen atoms in total. The highest BCUT2D eigenvalue weighted by molar-refractivity contribution is 5.96. The predicted octanol–water partition coefficient (Wildman–Crippen LogP) is 4.07. The highest BCUT2D eigenvalue weighted by atomic mass is 16.6. The number of furan rings is 1. The van der Waals surface area contributed by atoms with Crippen LogP contribution in [0.3, 0.4) is 0 Å². The number of nitrogens with one attached hydrogen (secondary N) is 1. The molecule has 0 amide bonds. The van der Waals surface area contributed by atoms with Gasteiger partial charge in [-0.05, 0) is 23.8 Å².